The van der Waals surface area contributed by atoms with E-state index in [0.29, 0.717) is 12.1 Å². The van der Waals surface area contributed by atoms with Crippen LogP contribution in [-0.4, -0.2) is 17.1 Å². The second-order valence-electron chi connectivity index (χ2n) is 7.91. The quantitative estimate of drug-likeness (QED) is 0.635. The molecule has 0 amide bonds. The monoisotopic (exact) mass is 315 g/mol. The molecule has 0 N–H and O–H groups in total. The van der Waals surface area contributed by atoms with Crippen LogP contribution in [0.1, 0.15) is 83.6 Å². The minimum absolute atomic E-state index is 0.254. The summed E-state index contributed by atoms with van der Waals surface area (Å²) in [6.07, 6.45) is 13.5. The van der Waals surface area contributed by atoms with E-state index in [0.717, 1.165) is 0 Å². The van der Waals surface area contributed by atoms with E-state index in [-0.39, 0.29) is 5.60 Å². The van der Waals surface area contributed by atoms with E-state index in [1.807, 2.05) is 0 Å². The molecule has 0 unspecified atom stereocenters. The van der Waals surface area contributed by atoms with Crippen LogP contribution in [0.15, 0.2) is 30.3 Å². The first kappa shape index (κ1) is 17.0. The molecule has 2 nitrogen and oxygen atoms in total. The molecule has 1 aromatic rings. The number of hydrogen-bond acceptors (Lipinski definition) is 2. The molecule has 0 spiro atoms. The van der Waals surface area contributed by atoms with Crippen molar-refractivity contribution >= 4 is 0 Å². The van der Waals surface area contributed by atoms with Gasteiger partial charge < -0.3 is 0 Å². The first-order valence-electron chi connectivity index (χ1n) is 9.70. The predicted octanol–water partition coefficient (Wildman–Crippen LogP) is 5.82. The van der Waals surface area contributed by atoms with Crippen molar-refractivity contribution in [3.05, 3.63) is 35.9 Å². The summed E-state index contributed by atoms with van der Waals surface area (Å²) in [5, 5.41) is 2.45. The lowest BCUT2D eigenvalue weighted by Gasteiger charge is -2.44. The molecule has 2 fully saturated rings. The number of nitrogens with zero attached hydrogens (tertiary/aromatic N) is 1. The maximum atomic E-state index is 6.74. The molecule has 0 radical (unpaired) electrons. The number of hydroxylamine groups is 2. The van der Waals surface area contributed by atoms with Gasteiger partial charge in [0.15, 0.2) is 0 Å². The third kappa shape index (κ3) is 4.36. The SMILES string of the molecule is CC(C)(ON(C1CCCCC1)C1CCCCC1)c1ccccc1. The van der Waals surface area contributed by atoms with Gasteiger partial charge in [0, 0.05) is 12.1 Å². The average Bonchev–Trinajstić information content (AvgIpc) is 2.62. The first-order chi connectivity index (χ1) is 11.2. The summed E-state index contributed by atoms with van der Waals surface area (Å²) in [4.78, 5) is 6.74. The molecule has 0 aliphatic heterocycles. The second-order valence-corrected chi connectivity index (χ2v) is 7.91. The van der Waals surface area contributed by atoms with Gasteiger partial charge in [-0.3, -0.25) is 4.84 Å². The van der Waals surface area contributed by atoms with E-state index in [2.05, 4.69) is 49.2 Å². The Bertz CT molecular complexity index is 440. The van der Waals surface area contributed by atoms with Crippen LogP contribution in [0.2, 0.25) is 0 Å². The van der Waals surface area contributed by atoms with Crippen molar-refractivity contribution in [2.75, 3.05) is 0 Å². The molecule has 0 bridgehead atoms. The van der Waals surface area contributed by atoms with Crippen LogP contribution in [0.4, 0.5) is 0 Å². The summed E-state index contributed by atoms with van der Waals surface area (Å²) in [6, 6.07) is 11.9. The Hall–Kier alpha value is -0.860. The molecule has 3 rings (SSSR count). The molecule has 0 heterocycles. The van der Waals surface area contributed by atoms with Gasteiger partial charge in [-0.1, -0.05) is 68.9 Å². The molecular formula is C21H33NO. The van der Waals surface area contributed by atoms with Gasteiger partial charge in [0.1, 0.15) is 5.60 Å². The Kier molecular flexibility index (Phi) is 5.76. The molecule has 2 aliphatic rings. The van der Waals surface area contributed by atoms with E-state index in [1.165, 1.54) is 69.8 Å². The van der Waals surface area contributed by atoms with Gasteiger partial charge in [0.2, 0.25) is 0 Å². The van der Waals surface area contributed by atoms with Crippen LogP contribution in [0.3, 0.4) is 0 Å². The van der Waals surface area contributed by atoms with Crippen molar-refractivity contribution in [2.24, 2.45) is 0 Å². The lowest BCUT2D eigenvalue weighted by Crippen LogP contribution is -2.48. The molecule has 23 heavy (non-hydrogen) atoms. The van der Waals surface area contributed by atoms with Crippen molar-refractivity contribution in [3.8, 4) is 0 Å². The Labute approximate surface area is 142 Å². The summed E-state index contributed by atoms with van der Waals surface area (Å²) in [5.41, 5.74) is 1.02. The van der Waals surface area contributed by atoms with Crippen LogP contribution in [0.5, 0.6) is 0 Å². The van der Waals surface area contributed by atoms with E-state index >= 15 is 0 Å². The van der Waals surface area contributed by atoms with Gasteiger partial charge in [-0.05, 0) is 45.1 Å². The summed E-state index contributed by atoms with van der Waals surface area (Å²) >= 11 is 0. The average molecular weight is 316 g/mol. The van der Waals surface area contributed by atoms with Crippen LogP contribution < -0.4 is 0 Å². The van der Waals surface area contributed by atoms with Gasteiger partial charge in [0.05, 0.1) is 0 Å². The Morgan fingerprint density at radius 1 is 0.783 bits per heavy atom. The fourth-order valence-electron chi connectivity index (χ4n) is 4.27. The smallest absolute Gasteiger partial charge is 0.109 e. The van der Waals surface area contributed by atoms with Crippen molar-refractivity contribution < 1.29 is 4.84 Å². The van der Waals surface area contributed by atoms with Gasteiger partial charge in [-0.25, -0.2) is 0 Å². The zero-order valence-electron chi connectivity index (χ0n) is 15.0. The van der Waals surface area contributed by atoms with Crippen molar-refractivity contribution in [3.63, 3.8) is 0 Å². The summed E-state index contributed by atoms with van der Waals surface area (Å²) < 4.78 is 0. The zero-order chi connectivity index (χ0) is 16.1. The summed E-state index contributed by atoms with van der Waals surface area (Å²) in [6.45, 7) is 4.45. The number of benzene rings is 1. The topological polar surface area (TPSA) is 12.5 Å². The third-order valence-electron chi connectivity index (χ3n) is 5.67. The van der Waals surface area contributed by atoms with Crippen LogP contribution >= 0.6 is 0 Å². The highest BCUT2D eigenvalue weighted by molar-refractivity contribution is 5.20. The normalized spacial score (nSPS) is 21.7. The molecular weight excluding hydrogens is 282 g/mol. The Morgan fingerprint density at radius 3 is 1.74 bits per heavy atom. The third-order valence-corrected chi connectivity index (χ3v) is 5.67. The Morgan fingerprint density at radius 2 is 1.26 bits per heavy atom. The van der Waals surface area contributed by atoms with Crippen LogP contribution in [-0.2, 0) is 10.4 Å². The van der Waals surface area contributed by atoms with Crippen LogP contribution in [0, 0.1) is 0 Å². The van der Waals surface area contributed by atoms with Crippen LogP contribution in [0.25, 0.3) is 0 Å². The molecule has 1 aromatic carbocycles. The highest BCUT2D eigenvalue weighted by Gasteiger charge is 2.34. The van der Waals surface area contributed by atoms with E-state index in [4.69, 9.17) is 4.84 Å². The van der Waals surface area contributed by atoms with Gasteiger partial charge in [-0.2, -0.15) is 5.06 Å². The van der Waals surface area contributed by atoms with E-state index in [1.54, 1.807) is 0 Å². The lowest BCUT2D eigenvalue weighted by atomic mass is 9.90. The first-order valence-corrected chi connectivity index (χ1v) is 9.70. The van der Waals surface area contributed by atoms with Crippen molar-refractivity contribution in [1.29, 1.82) is 0 Å². The second kappa shape index (κ2) is 7.81. The highest BCUT2D eigenvalue weighted by atomic mass is 16.7. The molecule has 2 heteroatoms. The number of rotatable bonds is 5. The predicted molar refractivity (Wildman–Crippen MR) is 96.1 cm³/mol. The summed E-state index contributed by atoms with van der Waals surface area (Å²) in [5.74, 6) is 0. The molecule has 128 valence electrons. The molecule has 0 aromatic heterocycles. The van der Waals surface area contributed by atoms with Crippen molar-refractivity contribution in [2.45, 2.75) is 95.7 Å². The lowest BCUT2D eigenvalue weighted by molar-refractivity contribution is -0.287. The molecule has 2 aliphatic carbocycles. The van der Waals surface area contributed by atoms with Gasteiger partial charge >= 0.3 is 0 Å². The fraction of sp³-hybridized carbons (Fsp3) is 0.714. The van der Waals surface area contributed by atoms with Crippen molar-refractivity contribution in [1.82, 2.24) is 5.06 Å². The standard InChI is InChI=1S/C21H33NO/c1-21(2,18-12-6-3-7-13-18)23-22(19-14-8-4-9-15-19)20-16-10-5-11-17-20/h3,6-7,12-13,19-20H,4-5,8-11,14-17H2,1-2H3. The highest BCUT2D eigenvalue weighted by Crippen LogP contribution is 2.35. The maximum Gasteiger partial charge on any atom is 0.109 e. The molecule has 0 atom stereocenters. The van der Waals surface area contributed by atoms with E-state index < -0.39 is 0 Å². The largest absolute Gasteiger partial charge is 0.288 e. The Balaban J connectivity index is 1.76. The van der Waals surface area contributed by atoms with Gasteiger partial charge in [-0.15, -0.1) is 0 Å². The van der Waals surface area contributed by atoms with E-state index in [9.17, 15) is 0 Å². The summed E-state index contributed by atoms with van der Waals surface area (Å²) in [7, 11) is 0. The minimum Gasteiger partial charge on any atom is -0.288 e. The zero-order valence-corrected chi connectivity index (χ0v) is 15.0. The molecule has 2 saturated carbocycles. The van der Waals surface area contributed by atoms with Gasteiger partial charge in [0.25, 0.3) is 0 Å². The maximum absolute atomic E-state index is 6.74. The fourth-order valence-corrected chi connectivity index (χ4v) is 4.27. The molecule has 0 saturated heterocycles. The number of hydrogen-bond donors (Lipinski definition) is 0. The minimum atomic E-state index is -0.254.